The van der Waals surface area contributed by atoms with Crippen molar-refractivity contribution in [3.05, 3.63) is 30.7 Å². The summed E-state index contributed by atoms with van der Waals surface area (Å²) in [5, 5.41) is 0. The second kappa shape index (κ2) is 7.15. The van der Waals surface area contributed by atoms with Crippen molar-refractivity contribution in [2.24, 2.45) is 0 Å². The number of unbranched alkanes of at least 4 members (excludes halogenated alkanes) is 3. The van der Waals surface area contributed by atoms with Crippen molar-refractivity contribution in [2.75, 3.05) is 14.2 Å². The standard InChI is InChI=1S/C14H21O2/c1-4-5-6-7-8-12-9-10-13(15-2)14(11-12)16-3/h9-11H,1,4-8H2,2-3H3. The van der Waals surface area contributed by atoms with Gasteiger partial charge in [0, 0.05) is 0 Å². The van der Waals surface area contributed by atoms with Crippen LogP contribution in [0.4, 0.5) is 0 Å². The Hall–Kier alpha value is -1.18. The maximum absolute atomic E-state index is 5.27. The van der Waals surface area contributed by atoms with Crippen LogP contribution in [0.3, 0.4) is 0 Å². The maximum atomic E-state index is 5.27. The molecule has 1 aromatic rings. The smallest absolute Gasteiger partial charge is 0.160 e. The van der Waals surface area contributed by atoms with Gasteiger partial charge in [0.05, 0.1) is 14.2 Å². The molecule has 0 aliphatic carbocycles. The lowest BCUT2D eigenvalue weighted by Crippen LogP contribution is -1.93. The number of methoxy groups -OCH3 is 2. The molecule has 0 saturated heterocycles. The highest BCUT2D eigenvalue weighted by Gasteiger charge is 2.03. The van der Waals surface area contributed by atoms with Gasteiger partial charge in [-0.1, -0.05) is 32.3 Å². The summed E-state index contributed by atoms with van der Waals surface area (Å²) in [6, 6.07) is 6.13. The molecule has 0 aromatic heterocycles. The van der Waals surface area contributed by atoms with Gasteiger partial charge in [-0.25, -0.2) is 0 Å². The molecule has 0 heterocycles. The molecule has 0 bridgehead atoms. The second-order valence-corrected chi connectivity index (χ2v) is 3.85. The van der Waals surface area contributed by atoms with E-state index in [0.717, 1.165) is 24.3 Å². The molecule has 2 nitrogen and oxygen atoms in total. The van der Waals surface area contributed by atoms with Gasteiger partial charge in [0.25, 0.3) is 0 Å². The van der Waals surface area contributed by atoms with Crippen LogP contribution in [-0.4, -0.2) is 14.2 Å². The zero-order chi connectivity index (χ0) is 11.8. The van der Waals surface area contributed by atoms with Crippen molar-refractivity contribution in [1.82, 2.24) is 0 Å². The predicted molar refractivity (Wildman–Crippen MR) is 67.1 cm³/mol. The van der Waals surface area contributed by atoms with Gasteiger partial charge in [0.2, 0.25) is 0 Å². The Labute approximate surface area is 98.6 Å². The molecule has 0 saturated carbocycles. The van der Waals surface area contributed by atoms with Crippen LogP contribution in [0.25, 0.3) is 0 Å². The minimum atomic E-state index is 0.795. The molecule has 2 heteroatoms. The third-order valence-corrected chi connectivity index (χ3v) is 2.66. The van der Waals surface area contributed by atoms with E-state index in [9.17, 15) is 0 Å². The molecule has 0 fully saturated rings. The van der Waals surface area contributed by atoms with E-state index in [-0.39, 0.29) is 0 Å². The molecule has 0 amide bonds. The summed E-state index contributed by atoms with van der Waals surface area (Å²) in [5.41, 5.74) is 1.31. The quantitative estimate of drug-likeness (QED) is 0.654. The molecule has 1 rings (SSSR count). The first-order valence-electron chi connectivity index (χ1n) is 5.82. The van der Waals surface area contributed by atoms with Crippen molar-refractivity contribution in [3.63, 3.8) is 0 Å². The molecule has 0 spiro atoms. The fraction of sp³-hybridized carbons (Fsp3) is 0.500. The Kier molecular flexibility index (Phi) is 5.76. The molecule has 1 radical (unpaired) electrons. The van der Waals surface area contributed by atoms with Gasteiger partial charge in [0.15, 0.2) is 11.5 Å². The predicted octanol–water partition coefficient (Wildman–Crippen LogP) is 3.64. The molecular weight excluding hydrogens is 200 g/mol. The van der Waals surface area contributed by atoms with Gasteiger partial charge < -0.3 is 9.47 Å². The van der Waals surface area contributed by atoms with Crippen LogP contribution in [0.5, 0.6) is 11.5 Å². The Morgan fingerprint density at radius 2 is 1.75 bits per heavy atom. The summed E-state index contributed by atoms with van der Waals surface area (Å²) < 4.78 is 10.5. The Balaban J connectivity index is 2.54. The Morgan fingerprint density at radius 1 is 1.00 bits per heavy atom. The monoisotopic (exact) mass is 221 g/mol. The first-order valence-corrected chi connectivity index (χ1v) is 5.82. The highest BCUT2D eigenvalue weighted by Crippen LogP contribution is 2.28. The van der Waals surface area contributed by atoms with E-state index < -0.39 is 0 Å². The molecule has 0 atom stereocenters. The van der Waals surface area contributed by atoms with Crippen LogP contribution in [0.15, 0.2) is 18.2 Å². The first kappa shape index (κ1) is 12.9. The highest BCUT2D eigenvalue weighted by molar-refractivity contribution is 5.42. The molecular formula is C14H21O2. The van der Waals surface area contributed by atoms with Crippen molar-refractivity contribution in [2.45, 2.75) is 32.1 Å². The molecule has 89 valence electrons. The zero-order valence-electron chi connectivity index (χ0n) is 10.3. The normalized spacial score (nSPS) is 10.2. The van der Waals surface area contributed by atoms with Crippen molar-refractivity contribution in [1.29, 1.82) is 0 Å². The largest absolute Gasteiger partial charge is 0.493 e. The highest BCUT2D eigenvalue weighted by atomic mass is 16.5. The van der Waals surface area contributed by atoms with Gasteiger partial charge in [-0.05, 0) is 30.5 Å². The topological polar surface area (TPSA) is 18.5 Å². The van der Waals surface area contributed by atoms with E-state index in [2.05, 4.69) is 19.1 Å². The molecule has 0 aliphatic rings. The second-order valence-electron chi connectivity index (χ2n) is 3.85. The summed E-state index contributed by atoms with van der Waals surface area (Å²) in [4.78, 5) is 0. The fourth-order valence-electron chi connectivity index (χ4n) is 1.72. The number of aryl methyl sites for hydroxylation is 1. The van der Waals surface area contributed by atoms with Crippen molar-refractivity contribution >= 4 is 0 Å². The molecule has 0 N–H and O–H groups in total. The minimum absolute atomic E-state index is 0.795. The SMILES string of the molecule is [CH2]CCCCCc1ccc(OC)c(OC)c1. The summed E-state index contributed by atoms with van der Waals surface area (Å²) in [7, 11) is 3.33. The van der Waals surface area contributed by atoms with E-state index in [0.29, 0.717) is 0 Å². The van der Waals surface area contributed by atoms with Gasteiger partial charge in [0.1, 0.15) is 0 Å². The van der Waals surface area contributed by atoms with Gasteiger partial charge >= 0.3 is 0 Å². The van der Waals surface area contributed by atoms with E-state index in [1.807, 2.05) is 6.07 Å². The number of rotatable bonds is 7. The summed E-state index contributed by atoms with van der Waals surface area (Å²) in [6.45, 7) is 3.84. The first-order chi connectivity index (χ1) is 7.81. The van der Waals surface area contributed by atoms with E-state index in [1.54, 1.807) is 14.2 Å². The van der Waals surface area contributed by atoms with Crippen LogP contribution in [0, 0.1) is 6.92 Å². The Morgan fingerprint density at radius 3 is 2.38 bits per heavy atom. The summed E-state index contributed by atoms with van der Waals surface area (Å²) >= 11 is 0. The van der Waals surface area contributed by atoms with Crippen molar-refractivity contribution in [3.8, 4) is 11.5 Å². The zero-order valence-corrected chi connectivity index (χ0v) is 10.3. The summed E-state index contributed by atoms with van der Waals surface area (Å²) in [6.07, 6.45) is 5.81. The third-order valence-electron chi connectivity index (χ3n) is 2.66. The van der Waals surface area contributed by atoms with Crippen LogP contribution in [0.2, 0.25) is 0 Å². The molecule has 16 heavy (non-hydrogen) atoms. The lowest BCUT2D eigenvalue weighted by atomic mass is 10.1. The lowest BCUT2D eigenvalue weighted by Gasteiger charge is -2.09. The number of hydrogen-bond donors (Lipinski definition) is 0. The number of ether oxygens (including phenoxy) is 2. The summed E-state index contributed by atoms with van der Waals surface area (Å²) in [5.74, 6) is 1.61. The van der Waals surface area contributed by atoms with Crippen LogP contribution >= 0.6 is 0 Å². The van der Waals surface area contributed by atoms with Crippen molar-refractivity contribution < 1.29 is 9.47 Å². The van der Waals surface area contributed by atoms with Crippen LogP contribution in [0.1, 0.15) is 31.2 Å². The van der Waals surface area contributed by atoms with Gasteiger partial charge in [-0.3, -0.25) is 0 Å². The lowest BCUT2D eigenvalue weighted by molar-refractivity contribution is 0.354. The third kappa shape index (κ3) is 3.76. The Bertz CT molecular complexity index is 308. The number of hydrogen-bond acceptors (Lipinski definition) is 2. The average molecular weight is 221 g/mol. The van der Waals surface area contributed by atoms with E-state index in [4.69, 9.17) is 9.47 Å². The van der Waals surface area contributed by atoms with E-state index >= 15 is 0 Å². The average Bonchev–Trinajstić information content (AvgIpc) is 2.34. The van der Waals surface area contributed by atoms with E-state index in [1.165, 1.54) is 24.8 Å². The van der Waals surface area contributed by atoms with Crippen LogP contribution in [-0.2, 0) is 6.42 Å². The number of benzene rings is 1. The maximum Gasteiger partial charge on any atom is 0.160 e. The molecule has 1 aromatic carbocycles. The van der Waals surface area contributed by atoms with Gasteiger partial charge in [-0.15, -0.1) is 0 Å². The van der Waals surface area contributed by atoms with Crippen LogP contribution < -0.4 is 9.47 Å². The molecule has 0 unspecified atom stereocenters. The fourth-order valence-corrected chi connectivity index (χ4v) is 1.72. The molecule has 0 aliphatic heterocycles. The van der Waals surface area contributed by atoms with Gasteiger partial charge in [-0.2, -0.15) is 0 Å². The minimum Gasteiger partial charge on any atom is -0.493 e.